The van der Waals surface area contributed by atoms with Gasteiger partial charge in [-0.1, -0.05) is 5.16 Å². The molecule has 0 saturated carbocycles. The van der Waals surface area contributed by atoms with Gasteiger partial charge in [0.15, 0.2) is 0 Å². The number of ether oxygens (including phenoxy) is 1. The molecule has 0 unspecified atom stereocenters. The fraction of sp³-hybridized carbons (Fsp3) is 0.273. The summed E-state index contributed by atoms with van der Waals surface area (Å²) in [6, 6.07) is 1.85. The predicted molar refractivity (Wildman–Crippen MR) is 58.2 cm³/mol. The second-order valence-corrected chi connectivity index (χ2v) is 3.39. The molecule has 0 aliphatic heterocycles. The highest BCUT2D eigenvalue weighted by Gasteiger charge is 2.17. The fourth-order valence-corrected chi connectivity index (χ4v) is 1.29. The first-order valence-electron chi connectivity index (χ1n) is 5.13. The Morgan fingerprint density at radius 2 is 2.29 bits per heavy atom. The van der Waals surface area contributed by atoms with Gasteiger partial charge in [-0.2, -0.15) is 4.98 Å². The lowest BCUT2D eigenvalue weighted by atomic mass is 10.2. The van der Waals surface area contributed by atoms with Gasteiger partial charge in [0.1, 0.15) is 0 Å². The monoisotopic (exact) mass is 233 g/mol. The van der Waals surface area contributed by atoms with Gasteiger partial charge in [0.05, 0.1) is 6.61 Å². The molecule has 0 amide bonds. The van der Waals surface area contributed by atoms with Gasteiger partial charge < -0.3 is 9.26 Å². The fourth-order valence-electron chi connectivity index (χ4n) is 1.29. The Bertz CT molecular complexity index is 536. The van der Waals surface area contributed by atoms with E-state index in [1.807, 2.05) is 13.0 Å². The lowest BCUT2D eigenvalue weighted by molar-refractivity contribution is 0.0470. The van der Waals surface area contributed by atoms with Gasteiger partial charge in [0, 0.05) is 18.0 Å². The summed E-state index contributed by atoms with van der Waals surface area (Å²) < 4.78 is 9.56. The van der Waals surface area contributed by atoms with E-state index in [0.717, 1.165) is 5.56 Å². The topological polar surface area (TPSA) is 78.1 Å². The Hall–Kier alpha value is -2.24. The molecule has 0 aliphatic rings. The summed E-state index contributed by atoms with van der Waals surface area (Å²) in [5, 5.41) is 3.70. The van der Waals surface area contributed by atoms with Crippen LogP contribution in [-0.2, 0) is 4.74 Å². The second kappa shape index (κ2) is 4.73. The number of rotatable bonds is 3. The van der Waals surface area contributed by atoms with E-state index >= 15 is 0 Å². The average Bonchev–Trinajstić information content (AvgIpc) is 2.78. The molecule has 17 heavy (non-hydrogen) atoms. The number of nitrogens with zero attached hydrogens (tertiary/aromatic N) is 3. The van der Waals surface area contributed by atoms with Crippen LogP contribution in [0.5, 0.6) is 0 Å². The molecule has 0 radical (unpaired) electrons. The van der Waals surface area contributed by atoms with E-state index in [9.17, 15) is 4.79 Å². The minimum absolute atomic E-state index is 0.150. The van der Waals surface area contributed by atoms with Crippen molar-refractivity contribution in [2.75, 3.05) is 6.61 Å². The molecule has 0 aromatic carbocycles. The summed E-state index contributed by atoms with van der Waals surface area (Å²) in [5.74, 6) is -0.445. The number of carbonyl (C=O) groups excluding carboxylic acids is 1. The highest BCUT2D eigenvalue weighted by molar-refractivity contribution is 5.84. The highest BCUT2D eigenvalue weighted by atomic mass is 16.6. The minimum Gasteiger partial charge on any atom is -0.459 e. The van der Waals surface area contributed by atoms with Crippen molar-refractivity contribution in [3.63, 3.8) is 0 Å². The lowest BCUT2D eigenvalue weighted by Gasteiger charge is -1.95. The van der Waals surface area contributed by atoms with Crippen molar-refractivity contribution in [1.29, 1.82) is 0 Å². The van der Waals surface area contributed by atoms with Crippen LogP contribution in [0, 0.1) is 6.92 Å². The van der Waals surface area contributed by atoms with Gasteiger partial charge in [0.2, 0.25) is 5.82 Å². The lowest BCUT2D eigenvalue weighted by Crippen LogP contribution is -2.04. The number of esters is 1. The zero-order valence-electron chi connectivity index (χ0n) is 9.51. The van der Waals surface area contributed by atoms with E-state index in [-0.39, 0.29) is 12.5 Å². The molecule has 6 heteroatoms. The molecule has 0 aliphatic carbocycles. The Kier molecular flexibility index (Phi) is 3.13. The molecule has 2 rings (SSSR count). The van der Waals surface area contributed by atoms with Crippen molar-refractivity contribution in [2.45, 2.75) is 13.8 Å². The van der Waals surface area contributed by atoms with Crippen molar-refractivity contribution in [2.24, 2.45) is 0 Å². The predicted octanol–water partition coefficient (Wildman–Crippen LogP) is 1.62. The first kappa shape index (κ1) is 11.3. The molecule has 0 atom stereocenters. The van der Waals surface area contributed by atoms with Crippen LogP contribution in [0.4, 0.5) is 0 Å². The molecule has 2 aromatic rings. The van der Waals surface area contributed by atoms with Crippen LogP contribution in [0.3, 0.4) is 0 Å². The summed E-state index contributed by atoms with van der Waals surface area (Å²) in [7, 11) is 0. The van der Waals surface area contributed by atoms with Crippen molar-refractivity contribution in [3.05, 3.63) is 29.9 Å². The zero-order valence-corrected chi connectivity index (χ0v) is 9.51. The number of aromatic nitrogens is 3. The maximum Gasteiger partial charge on any atom is 0.397 e. The number of pyridine rings is 1. The number of aryl methyl sites for hydroxylation is 1. The van der Waals surface area contributed by atoms with Crippen LogP contribution in [0.25, 0.3) is 11.4 Å². The van der Waals surface area contributed by atoms with E-state index in [1.165, 1.54) is 0 Å². The highest BCUT2D eigenvalue weighted by Crippen LogP contribution is 2.15. The maximum absolute atomic E-state index is 11.3. The summed E-state index contributed by atoms with van der Waals surface area (Å²) >= 11 is 0. The largest absolute Gasteiger partial charge is 0.459 e. The third kappa shape index (κ3) is 2.47. The van der Waals surface area contributed by atoms with E-state index in [1.54, 1.807) is 19.3 Å². The Balaban J connectivity index is 2.27. The average molecular weight is 233 g/mol. The molecule has 0 fully saturated rings. The molecule has 0 spiro atoms. The molecule has 6 nitrogen and oxygen atoms in total. The smallest absolute Gasteiger partial charge is 0.397 e. The second-order valence-electron chi connectivity index (χ2n) is 3.39. The van der Waals surface area contributed by atoms with Crippen molar-refractivity contribution >= 4 is 5.97 Å². The van der Waals surface area contributed by atoms with E-state index in [2.05, 4.69) is 15.1 Å². The Morgan fingerprint density at radius 1 is 1.47 bits per heavy atom. The van der Waals surface area contributed by atoms with Crippen molar-refractivity contribution in [1.82, 2.24) is 15.1 Å². The molecular weight excluding hydrogens is 222 g/mol. The molecule has 0 saturated heterocycles. The SMILES string of the molecule is CCOC(=O)c1nc(-c2cncc(C)c2)no1. The van der Waals surface area contributed by atoms with Gasteiger partial charge in [-0.05, 0) is 25.5 Å². The summed E-state index contributed by atoms with van der Waals surface area (Å²) in [6.07, 6.45) is 3.32. The standard InChI is InChI=1S/C11H11N3O3/c1-3-16-11(15)10-13-9(14-17-10)8-4-7(2)5-12-6-8/h4-6H,3H2,1-2H3. The molecular formula is C11H11N3O3. The zero-order chi connectivity index (χ0) is 12.3. The van der Waals surface area contributed by atoms with Gasteiger partial charge >= 0.3 is 11.9 Å². The number of carbonyl (C=O) groups is 1. The van der Waals surface area contributed by atoms with Crippen LogP contribution in [-0.4, -0.2) is 27.7 Å². The quantitative estimate of drug-likeness (QED) is 0.749. The summed E-state index contributed by atoms with van der Waals surface area (Å²) in [5.41, 5.74) is 1.68. The third-order valence-corrected chi connectivity index (χ3v) is 2.01. The van der Waals surface area contributed by atoms with Crippen LogP contribution in [0.15, 0.2) is 23.0 Å². The minimum atomic E-state index is -0.619. The Morgan fingerprint density at radius 3 is 3.00 bits per heavy atom. The van der Waals surface area contributed by atoms with E-state index < -0.39 is 5.97 Å². The molecule has 2 heterocycles. The van der Waals surface area contributed by atoms with Crippen LogP contribution < -0.4 is 0 Å². The molecule has 88 valence electrons. The third-order valence-electron chi connectivity index (χ3n) is 2.01. The summed E-state index contributed by atoms with van der Waals surface area (Å²) in [6.45, 7) is 3.88. The van der Waals surface area contributed by atoms with E-state index in [4.69, 9.17) is 9.26 Å². The van der Waals surface area contributed by atoms with Gasteiger partial charge in [-0.3, -0.25) is 4.98 Å². The first-order valence-corrected chi connectivity index (χ1v) is 5.13. The van der Waals surface area contributed by atoms with Crippen molar-refractivity contribution < 1.29 is 14.1 Å². The molecule has 0 bridgehead atoms. The molecule has 2 aromatic heterocycles. The number of hydrogen-bond acceptors (Lipinski definition) is 6. The van der Waals surface area contributed by atoms with E-state index in [0.29, 0.717) is 11.4 Å². The first-order chi connectivity index (χ1) is 8.20. The van der Waals surface area contributed by atoms with Crippen molar-refractivity contribution in [3.8, 4) is 11.4 Å². The normalized spacial score (nSPS) is 10.2. The van der Waals surface area contributed by atoms with Crippen LogP contribution in [0.2, 0.25) is 0 Å². The number of hydrogen-bond donors (Lipinski definition) is 0. The maximum atomic E-state index is 11.3. The summed E-state index contributed by atoms with van der Waals surface area (Å²) in [4.78, 5) is 19.3. The van der Waals surface area contributed by atoms with Gasteiger partial charge in [-0.25, -0.2) is 4.79 Å². The molecule has 0 N–H and O–H groups in total. The van der Waals surface area contributed by atoms with Gasteiger partial charge in [0.25, 0.3) is 0 Å². The van der Waals surface area contributed by atoms with Crippen LogP contribution >= 0.6 is 0 Å². The van der Waals surface area contributed by atoms with Gasteiger partial charge in [-0.15, -0.1) is 0 Å². The van der Waals surface area contributed by atoms with Crippen LogP contribution in [0.1, 0.15) is 23.2 Å². The Labute approximate surface area is 97.6 Å².